The zero-order chi connectivity index (χ0) is 30.2. The van der Waals surface area contributed by atoms with Crippen molar-refractivity contribution >= 4 is 5.97 Å². The Bertz CT molecular complexity index is 1220. The zero-order valence-corrected chi connectivity index (χ0v) is 27.3. The second kappa shape index (κ2) is 10.2. The summed E-state index contributed by atoms with van der Waals surface area (Å²) in [6, 6.07) is 10.7. The number of benzene rings is 1. The minimum absolute atomic E-state index is 0.0430. The second-order valence-corrected chi connectivity index (χ2v) is 17.1. The van der Waals surface area contributed by atoms with Gasteiger partial charge in [0.1, 0.15) is 0 Å². The van der Waals surface area contributed by atoms with Gasteiger partial charge in [0.25, 0.3) is 0 Å². The minimum atomic E-state index is -0.579. The summed E-state index contributed by atoms with van der Waals surface area (Å²) in [4.78, 5) is 12.9. The number of aliphatic hydroxyl groups excluding tert-OH is 1. The van der Waals surface area contributed by atoms with Gasteiger partial charge in [-0.15, -0.1) is 0 Å². The maximum atomic E-state index is 12.9. The predicted octanol–water partition coefficient (Wildman–Crippen LogP) is 8.05. The van der Waals surface area contributed by atoms with Crippen molar-refractivity contribution in [1.29, 1.82) is 0 Å². The van der Waals surface area contributed by atoms with Gasteiger partial charge in [0, 0.05) is 12.0 Å². The first-order valence-corrected chi connectivity index (χ1v) is 17.1. The Morgan fingerprint density at radius 1 is 0.905 bits per heavy atom. The van der Waals surface area contributed by atoms with Crippen LogP contribution in [0.1, 0.15) is 111 Å². The predicted molar refractivity (Wildman–Crippen MR) is 170 cm³/mol. The van der Waals surface area contributed by atoms with Crippen LogP contribution in [0.25, 0.3) is 0 Å². The van der Waals surface area contributed by atoms with Crippen molar-refractivity contribution in [3.8, 4) is 0 Å². The van der Waals surface area contributed by atoms with Crippen LogP contribution in [0.5, 0.6) is 0 Å². The molecule has 0 aliphatic heterocycles. The van der Waals surface area contributed by atoms with Crippen molar-refractivity contribution in [3.05, 3.63) is 47.5 Å². The maximum Gasteiger partial charge on any atom is 0.310 e. The summed E-state index contributed by atoms with van der Waals surface area (Å²) in [5.41, 5.74) is 2.69. The van der Waals surface area contributed by atoms with Crippen LogP contribution in [0.2, 0.25) is 0 Å². The van der Waals surface area contributed by atoms with Crippen molar-refractivity contribution in [2.45, 2.75) is 118 Å². The van der Waals surface area contributed by atoms with Gasteiger partial charge in [-0.05, 0) is 122 Å². The molecule has 0 radical (unpaired) electrons. The number of fused-ring (bicyclic) bond motifs is 7. The standard InChI is InChI=1S/C38H57NO3/c1-33(2)19-21-38(32(41)42)22-20-36(5)27(28(38)24-33)12-13-30-34(3)17-15-31(40)35(4,29(34)14-18-37(30,36)6)25-39-23-16-26-10-8-7-9-11-26/h7-12,28-31,39-40H,13-25H2,1-6H3,(H,41,42). The summed E-state index contributed by atoms with van der Waals surface area (Å²) in [6.45, 7) is 16.6. The molecular weight excluding hydrogens is 518 g/mol. The van der Waals surface area contributed by atoms with Gasteiger partial charge in [0.2, 0.25) is 0 Å². The number of aliphatic hydroxyl groups is 1. The van der Waals surface area contributed by atoms with Gasteiger partial charge in [0.05, 0.1) is 11.5 Å². The molecule has 4 nitrogen and oxygen atoms in total. The van der Waals surface area contributed by atoms with Crippen LogP contribution in [0.15, 0.2) is 42.0 Å². The fourth-order valence-corrected chi connectivity index (χ4v) is 11.9. The number of carboxylic acid groups (broad SMARTS) is 1. The van der Waals surface area contributed by atoms with E-state index in [2.05, 4.69) is 83.3 Å². The highest BCUT2D eigenvalue weighted by Gasteiger charge is 2.69. The molecule has 0 heterocycles. The molecule has 232 valence electrons. The molecule has 0 spiro atoms. The highest BCUT2D eigenvalue weighted by Crippen LogP contribution is 2.75. The smallest absolute Gasteiger partial charge is 0.310 e. The molecule has 5 aliphatic rings. The third kappa shape index (κ3) is 4.31. The average Bonchev–Trinajstić information content (AvgIpc) is 2.94. The molecule has 5 aliphatic carbocycles. The van der Waals surface area contributed by atoms with Gasteiger partial charge < -0.3 is 15.5 Å². The van der Waals surface area contributed by atoms with E-state index < -0.39 is 11.4 Å². The first-order chi connectivity index (χ1) is 19.7. The van der Waals surface area contributed by atoms with Gasteiger partial charge in [-0.25, -0.2) is 0 Å². The third-order valence-corrected chi connectivity index (χ3v) is 14.8. The number of nitrogens with one attached hydrogen (secondary N) is 1. The lowest BCUT2D eigenvalue weighted by atomic mass is 9.33. The highest BCUT2D eigenvalue weighted by atomic mass is 16.4. The quantitative estimate of drug-likeness (QED) is 0.237. The van der Waals surface area contributed by atoms with E-state index in [4.69, 9.17) is 0 Å². The van der Waals surface area contributed by atoms with Crippen LogP contribution < -0.4 is 5.32 Å². The Hall–Kier alpha value is -1.65. The number of aliphatic carboxylic acids is 1. The van der Waals surface area contributed by atoms with E-state index >= 15 is 0 Å². The lowest BCUT2D eigenvalue weighted by molar-refractivity contribution is -0.208. The molecule has 42 heavy (non-hydrogen) atoms. The molecule has 6 rings (SSSR count). The molecule has 1 aromatic rings. The highest BCUT2D eigenvalue weighted by molar-refractivity contribution is 5.76. The maximum absolute atomic E-state index is 12.9. The van der Waals surface area contributed by atoms with Crippen LogP contribution in [0.3, 0.4) is 0 Å². The molecule has 0 saturated heterocycles. The van der Waals surface area contributed by atoms with Crippen molar-refractivity contribution in [1.82, 2.24) is 5.32 Å². The van der Waals surface area contributed by atoms with Gasteiger partial charge in [-0.1, -0.05) is 83.5 Å². The Labute approximate surface area is 255 Å². The molecule has 4 fully saturated rings. The number of carboxylic acids is 1. The molecule has 1 aromatic carbocycles. The third-order valence-electron chi connectivity index (χ3n) is 14.8. The van der Waals surface area contributed by atoms with Crippen molar-refractivity contribution < 1.29 is 15.0 Å². The van der Waals surface area contributed by atoms with Gasteiger partial charge in [-0.3, -0.25) is 4.79 Å². The Balaban J connectivity index is 1.28. The van der Waals surface area contributed by atoms with E-state index in [0.29, 0.717) is 11.8 Å². The van der Waals surface area contributed by atoms with Crippen molar-refractivity contribution in [3.63, 3.8) is 0 Å². The number of carbonyl (C=O) groups is 1. The number of rotatable bonds is 6. The molecule has 0 bridgehead atoms. The number of hydrogen-bond donors (Lipinski definition) is 3. The molecule has 4 heteroatoms. The number of hydrogen-bond acceptors (Lipinski definition) is 3. The molecule has 9 atom stereocenters. The van der Waals surface area contributed by atoms with E-state index in [0.717, 1.165) is 77.3 Å². The molecule has 0 amide bonds. The summed E-state index contributed by atoms with van der Waals surface area (Å²) in [5.74, 6) is 0.645. The van der Waals surface area contributed by atoms with Crippen LogP contribution in [0, 0.1) is 50.2 Å². The molecular formula is C38H57NO3. The van der Waals surface area contributed by atoms with E-state index in [-0.39, 0.29) is 39.1 Å². The van der Waals surface area contributed by atoms with E-state index in [1.165, 1.54) is 17.6 Å². The van der Waals surface area contributed by atoms with Crippen LogP contribution in [-0.2, 0) is 11.2 Å². The zero-order valence-electron chi connectivity index (χ0n) is 27.3. The van der Waals surface area contributed by atoms with E-state index in [1.54, 1.807) is 0 Å². The summed E-state index contributed by atoms with van der Waals surface area (Å²) >= 11 is 0. The summed E-state index contributed by atoms with van der Waals surface area (Å²) in [6.07, 6.45) is 13.3. The Kier molecular flexibility index (Phi) is 7.37. The lowest BCUT2D eigenvalue weighted by Crippen LogP contribution is -2.66. The lowest BCUT2D eigenvalue weighted by Gasteiger charge is -2.71. The fourth-order valence-electron chi connectivity index (χ4n) is 11.9. The SMILES string of the molecule is CC1(C)CCC2(C(=O)O)CCC3(C)C(=CCC4C5(C)CCC(O)C(C)(CNCCc6ccccc6)C5CCC43C)C2C1. The van der Waals surface area contributed by atoms with Crippen molar-refractivity contribution in [2.24, 2.45) is 50.2 Å². The first kappa shape index (κ1) is 30.4. The summed E-state index contributed by atoms with van der Waals surface area (Å²) < 4.78 is 0. The minimum Gasteiger partial charge on any atom is -0.481 e. The van der Waals surface area contributed by atoms with Crippen molar-refractivity contribution in [2.75, 3.05) is 13.1 Å². The summed E-state index contributed by atoms with van der Waals surface area (Å²) in [7, 11) is 0. The molecule has 0 aromatic heterocycles. The second-order valence-electron chi connectivity index (χ2n) is 17.1. The number of allylic oxidation sites excluding steroid dienone is 2. The normalized spacial score (nSPS) is 45.9. The van der Waals surface area contributed by atoms with Gasteiger partial charge in [0.15, 0.2) is 0 Å². The Morgan fingerprint density at radius 2 is 1.62 bits per heavy atom. The molecule has 9 unspecified atom stereocenters. The largest absolute Gasteiger partial charge is 0.481 e. The molecule has 4 saturated carbocycles. The topological polar surface area (TPSA) is 69.6 Å². The molecule has 3 N–H and O–H groups in total. The van der Waals surface area contributed by atoms with E-state index in [9.17, 15) is 15.0 Å². The van der Waals surface area contributed by atoms with E-state index in [1.807, 2.05) is 0 Å². The average molecular weight is 576 g/mol. The monoisotopic (exact) mass is 575 g/mol. The fraction of sp³-hybridized carbons (Fsp3) is 0.763. The Morgan fingerprint density at radius 3 is 2.33 bits per heavy atom. The van der Waals surface area contributed by atoms with Crippen LogP contribution in [0.4, 0.5) is 0 Å². The van der Waals surface area contributed by atoms with Gasteiger partial charge >= 0.3 is 5.97 Å². The van der Waals surface area contributed by atoms with Gasteiger partial charge in [-0.2, -0.15) is 0 Å². The summed E-state index contributed by atoms with van der Waals surface area (Å²) in [5, 5.41) is 26.0. The van der Waals surface area contributed by atoms with Crippen LogP contribution in [-0.4, -0.2) is 35.4 Å². The first-order valence-electron chi connectivity index (χ1n) is 17.1. The van der Waals surface area contributed by atoms with Crippen LogP contribution >= 0.6 is 0 Å².